The lowest BCUT2D eigenvalue weighted by atomic mass is 10.1. The van der Waals surface area contributed by atoms with Gasteiger partial charge in [0.05, 0.1) is 27.9 Å². The molecule has 1 N–H and O–H groups in total. The minimum absolute atomic E-state index is 0.00779. The van der Waals surface area contributed by atoms with E-state index in [0.29, 0.717) is 35.8 Å². The monoisotopic (exact) mass is 395 g/mol. The lowest BCUT2D eigenvalue weighted by Crippen LogP contribution is -2.25. The maximum absolute atomic E-state index is 12.4. The predicted molar refractivity (Wildman–Crippen MR) is 105 cm³/mol. The van der Waals surface area contributed by atoms with Gasteiger partial charge >= 0.3 is 0 Å². The fraction of sp³-hybridized carbons (Fsp3) is 0.200. The lowest BCUT2D eigenvalue weighted by molar-refractivity contribution is -0.385. The van der Waals surface area contributed by atoms with Crippen molar-refractivity contribution in [1.82, 2.24) is 0 Å². The highest BCUT2D eigenvalue weighted by atomic mass is 16.7. The molecule has 1 saturated heterocycles. The van der Waals surface area contributed by atoms with Crippen LogP contribution >= 0.6 is 0 Å². The van der Waals surface area contributed by atoms with Gasteiger partial charge < -0.3 is 19.7 Å². The largest absolute Gasteiger partial charge is 0.454 e. The minimum Gasteiger partial charge on any atom is -0.454 e. The van der Waals surface area contributed by atoms with Crippen LogP contribution in [0.4, 0.5) is 17.1 Å². The number of nitro benzene ring substituents is 1. The second-order valence-corrected chi connectivity index (χ2v) is 6.51. The number of nitro groups is 1. The highest BCUT2D eigenvalue weighted by Gasteiger charge is 2.24. The zero-order chi connectivity index (χ0) is 20.4. The first-order valence-corrected chi connectivity index (χ1v) is 8.99. The Balaban J connectivity index is 1.55. The molecule has 0 radical (unpaired) electrons. The number of hydrogen-bond donors (Lipinski definition) is 1. The van der Waals surface area contributed by atoms with Crippen molar-refractivity contribution in [2.75, 3.05) is 23.6 Å². The molecular formula is C20H17N3O6. The Kier molecular flexibility index (Phi) is 4.86. The molecule has 0 spiro atoms. The van der Waals surface area contributed by atoms with Crippen molar-refractivity contribution in [2.45, 2.75) is 12.8 Å². The smallest absolute Gasteiger partial charge is 0.280 e. The highest BCUT2D eigenvalue weighted by Crippen LogP contribution is 2.38. The molecule has 2 aliphatic rings. The van der Waals surface area contributed by atoms with E-state index >= 15 is 0 Å². The van der Waals surface area contributed by atoms with E-state index < -0.39 is 10.8 Å². The van der Waals surface area contributed by atoms with Crippen LogP contribution in [0, 0.1) is 10.1 Å². The number of benzene rings is 2. The Morgan fingerprint density at radius 1 is 1.21 bits per heavy atom. The van der Waals surface area contributed by atoms with Crippen LogP contribution in [0.3, 0.4) is 0 Å². The van der Waals surface area contributed by atoms with Gasteiger partial charge in [-0.1, -0.05) is 12.1 Å². The third-order valence-electron chi connectivity index (χ3n) is 4.66. The number of fused-ring (bicyclic) bond motifs is 1. The number of carbonyl (C=O) groups excluding carboxylic acids is 2. The van der Waals surface area contributed by atoms with Gasteiger partial charge in [-0.15, -0.1) is 0 Å². The predicted octanol–water partition coefficient (Wildman–Crippen LogP) is 3.10. The molecule has 0 aliphatic carbocycles. The Labute approximate surface area is 165 Å². The molecule has 29 heavy (non-hydrogen) atoms. The van der Waals surface area contributed by atoms with Crippen molar-refractivity contribution >= 4 is 35.0 Å². The summed E-state index contributed by atoms with van der Waals surface area (Å²) in [6, 6.07) is 9.75. The van der Waals surface area contributed by atoms with Gasteiger partial charge in [-0.25, -0.2) is 0 Å². The summed E-state index contributed by atoms with van der Waals surface area (Å²) in [6.07, 6.45) is 3.80. The third kappa shape index (κ3) is 3.75. The average molecular weight is 395 g/mol. The Bertz CT molecular complexity index is 1030. The molecule has 0 atom stereocenters. The first kappa shape index (κ1) is 18.5. The average Bonchev–Trinajstić information content (AvgIpc) is 3.34. The SMILES string of the molecule is O=C(/C=C/c1cc2c(cc1[N+](=O)[O-])OCO2)Nc1ccccc1N1CCCC1=O. The molecule has 0 saturated carbocycles. The molecule has 2 amide bonds. The Morgan fingerprint density at radius 3 is 2.69 bits per heavy atom. The Hall–Kier alpha value is -3.88. The van der Waals surface area contributed by atoms with E-state index in [9.17, 15) is 19.7 Å². The number of nitrogens with one attached hydrogen (secondary N) is 1. The van der Waals surface area contributed by atoms with Crippen molar-refractivity contribution in [1.29, 1.82) is 0 Å². The fourth-order valence-electron chi connectivity index (χ4n) is 3.30. The van der Waals surface area contributed by atoms with E-state index in [-0.39, 0.29) is 24.0 Å². The number of hydrogen-bond acceptors (Lipinski definition) is 6. The summed E-state index contributed by atoms with van der Waals surface area (Å²) < 4.78 is 10.4. The van der Waals surface area contributed by atoms with Crippen molar-refractivity contribution in [3.63, 3.8) is 0 Å². The second-order valence-electron chi connectivity index (χ2n) is 6.51. The third-order valence-corrected chi connectivity index (χ3v) is 4.66. The molecule has 2 aliphatic heterocycles. The van der Waals surface area contributed by atoms with E-state index in [0.717, 1.165) is 6.42 Å². The summed E-state index contributed by atoms with van der Waals surface area (Å²) in [5.41, 5.74) is 1.15. The van der Waals surface area contributed by atoms with Crippen LogP contribution in [0.15, 0.2) is 42.5 Å². The molecular weight excluding hydrogens is 378 g/mol. The molecule has 9 heteroatoms. The van der Waals surface area contributed by atoms with Gasteiger partial charge in [0.25, 0.3) is 5.69 Å². The summed E-state index contributed by atoms with van der Waals surface area (Å²) in [5.74, 6) is 0.213. The normalized spacial score (nSPS) is 15.2. The van der Waals surface area contributed by atoms with Crippen LogP contribution < -0.4 is 19.7 Å². The van der Waals surface area contributed by atoms with Gasteiger partial charge in [0.1, 0.15) is 0 Å². The number of ether oxygens (including phenoxy) is 2. The van der Waals surface area contributed by atoms with Crippen LogP contribution in [0.25, 0.3) is 6.08 Å². The van der Waals surface area contributed by atoms with Crippen molar-refractivity contribution in [3.05, 3.63) is 58.2 Å². The van der Waals surface area contributed by atoms with E-state index in [4.69, 9.17) is 9.47 Å². The topological polar surface area (TPSA) is 111 Å². The summed E-state index contributed by atoms with van der Waals surface area (Å²) in [4.78, 5) is 36.9. The number of nitrogens with zero attached hydrogens (tertiary/aromatic N) is 2. The van der Waals surface area contributed by atoms with Crippen molar-refractivity contribution in [3.8, 4) is 11.5 Å². The zero-order valence-corrected chi connectivity index (χ0v) is 15.3. The lowest BCUT2D eigenvalue weighted by Gasteiger charge is -2.19. The Morgan fingerprint density at radius 2 is 1.97 bits per heavy atom. The maximum Gasteiger partial charge on any atom is 0.280 e. The summed E-state index contributed by atoms with van der Waals surface area (Å²) in [7, 11) is 0. The molecule has 0 bridgehead atoms. The summed E-state index contributed by atoms with van der Waals surface area (Å²) in [5, 5.41) is 14.1. The van der Waals surface area contributed by atoms with Gasteiger partial charge in [0.15, 0.2) is 11.5 Å². The number of para-hydroxylation sites is 2. The number of anilines is 2. The first-order valence-electron chi connectivity index (χ1n) is 8.99. The number of carbonyl (C=O) groups is 2. The van der Waals surface area contributed by atoms with Gasteiger partial charge in [-0.2, -0.15) is 0 Å². The zero-order valence-electron chi connectivity index (χ0n) is 15.3. The van der Waals surface area contributed by atoms with Crippen molar-refractivity contribution < 1.29 is 24.0 Å². The fourth-order valence-corrected chi connectivity index (χ4v) is 3.30. The van der Waals surface area contributed by atoms with E-state index in [1.807, 2.05) is 0 Å². The minimum atomic E-state index is -0.548. The van der Waals surface area contributed by atoms with Crippen LogP contribution in [-0.4, -0.2) is 30.1 Å². The summed E-state index contributed by atoms with van der Waals surface area (Å²) >= 11 is 0. The number of rotatable bonds is 5. The highest BCUT2D eigenvalue weighted by molar-refractivity contribution is 6.06. The van der Waals surface area contributed by atoms with Crippen LogP contribution in [0.2, 0.25) is 0 Å². The van der Waals surface area contributed by atoms with Crippen LogP contribution in [0.1, 0.15) is 18.4 Å². The molecule has 148 valence electrons. The van der Waals surface area contributed by atoms with Gasteiger partial charge in [0, 0.05) is 19.0 Å². The molecule has 2 heterocycles. The molecule has 2 aromatic carbocycles. The molecule has 1 fully saturated rings. The van der Waals surface area contributed by atoms with Gasteiger partial charge in [-0.3, -0.25) is 19.7 Å². The van der Waals surface area contributed by atoms with Gasteiger partial charge in [-0.05, 0) is 30.7 Å². The van der Waals surface area contributed by atoms with E-state index in [1.165, 1.54) is 24.3 Å². The van der Waals surface area contributed by atoms with Gasteiger partial charge in [0.2, 0.25) is 18.6 Å². The summed E-state index contributed by atoms with van der Waals surface area (Å²) in [6.45, 7) is 0.594. The van der Waals surface area contributed by atoms with Crippen LogP contribution in [-0.2, 0) is 9.59 Å². The second kappa shape index (κ2) is 7.63. The quantitative estimate of drug-likeness (QED) is 0.473. The number of amides is 2. The van der Waals surface area contributed by atoms with Crippen LogP contribution in [0.5, 0.6) is 11.5 Å². The molecule has 0 unspecified atom stereocenters. The molecule has 4 rings (SSSR count). The molecule has 0 aromatic heterocycles. The molecule has 2 aromatic rings. The van der Waals surface area contributed by atoms with E-state index in [1.54, 1.807) is 29.2 Å². The molecule has 9 nitrogen and oxygen atoms in total. The maximum atomic E-state index is 12.4. The standard InChI is InChI=1S/C20H17N3O6/c24-19(21-14-4-1-2-5-15(14)22-9-3-6-20(22)25)8-7-13-10-17-18(29-12-28-17)11-16(13)23(26)27/h1-2,4-5,7-8,10-11H,3,6,9,12H2,(H,21,24)/b8-7+. The van der Waals surface area contributed by atoms with Crippen molar-refractivity contribution in [2.24, 2.45) is 0 Å². The first-order chi connectivity index (χ1) is 14.0. The van der Waals surface area contributed by atoms with E-state index in [2.05, 4.69) is 5.32 Å².